The van der Waals surface area contributed by atoms with Crippen molar-refractivity contribution < 1.29 is 18.7 Å². The van der Waals surface area contributed by atoms with Gasteiger partial charge in [0.2, 0.25) is 11.8 Å². The van der Waals surface area contributed by atoms with E-state index in [1.807, 2.05) is 6.07 Å². The number of hydrogen-bond donors (Lipinski definition) is 2. The summed E-state index contributed by atoms with van der Waals surface area (Å²) in [5, 5.41) is 13.7. The van der Waals surface area contributed by atoms with E-state index < -0.39 is 5.82 Å². The molecule has 0 aliphatic carbocycles. The van der Waals surface area contributed by atoms with Gasteiger partial charge in [0, 0.05) is 18.2 Å². The lowest BCUT2D eigenvalue weighted by Gasteiger charge is -2.09. The minimum Gasteiger partial charge on any atom is -0.493 e. The van der Waals surface area contributed by atoms with Crippen molar-refractivity contribution in [2.75, 3.05) is 18.5 Å². The summed E-state index contributed by atoms with van der Waals surface area (Å²) in [6.07, 6.45) is 1.05. The van der Waals surface area contributed by atoms with Crippen LogP contribution in [-0.2, 0) is 16.0 Å². The van der Waals surface area contributed by atoms with Gasteiger partial charge < -0.3 is 15.4 Å². The van der Waals surface area contributed by atoms with Crippen LogP contribution in [0.4, 0.5) is 10.1 Å². The zero-order valence-corrected chi connectivity index (χ0v) is 14.7. The van der Waals surface area contributed by atoms with Crippen LogP contribution in [-0.4, -0.2) is 25.0 Å². The van der Waals surface area contributed by atoms with Crippen molar-refractivity contribution in [3.8, 4) is 11.8 Å². The molecule has 0 aliphatic rings. The third-order valence-electron chi connectivity index (χ3n) is 3.52. The average molecular weight is 369 g/mol. The molecule has 0 aromatic heterocycles. The number of carbonyl (C=O) groups is 2. The monoisotopic (exact) mass is 369 g/mol. The molecule has 0 fully saturated rings. The van der Waals surface area contributed by atoms with E-state index in [0.717, 1.165) is 0 Å². The lowest BCUT2D eigenvalue weighted by atomic mass is 10.1. The van der Waals surface area contributed by atoms with Crippen LogP contribution in [0.2, 0.25) is 0 Å². The van der Waals surface area contributed by atoms with Gasteiger partial charge in [0.25, 0.3) is 0 Å². The van der Waals surface area contributed by atoms with E-state index in [2.05, 4.69) is 10.6 Å². The van der Waals surface area contributed by atoms with E-state index in [0.29, 0.717) is 36.4 Å². The van der Waals surface area contributed by atoms with Crippen molar-refractivity contribution in [1.29, 1.82) is 5.26 Å². The number of carbonyl (C=O) groups excluding carboxylic acids is 2. The molecule has 0 heterocycles. The Balaban J connectivity index is 1.76. The molecule has 0 atom stereocenters. The standard InChI is InChI=1S/C20H20FN3O3/c21-16-6-3-5-15(11-16)12-19(25)23-14-20(26)24-17-7-4-8-18(13-17)27-10-2-1-9-22/h3-8,11,13H,1-2,10,12,14H2,(H,23,25)(H,24,26). The normalized spacial score (nSPS) is 9.93. The highest BCUT2D eigenvalue weighted by Gasteiger charge is 2.08. The van der Waals surface area contributed by atoms with Gasteiger partial charge in [-0.05, 0) is 36.2 Å². The van der Waals surface area contributed by atoms with E-state index in [1.165, 1.54) is 18.2 Å². The highest BCUT2D eigenvalue weighted by molar-refractivity contribution is 5.94. The first kappa shape index (κ1) is 19.9. The van der Waals surface area contributed by atoms with E-state index in [1.54, 1.807) is 30.3 Å². The van der Waals surface area contributed by atoms with Crippen molar-refractivity contribution >= 4 is 17.5 Å². The summed E-state index contributed by atoms with van der Waals surface area (Å²) in [7, 11) is 0. The first-order valence-electron chi connectivity index (χ1n) is 8.47. The van der Waals surface area contributed by atoms with Gasteiger partial charge in [0.1, 0.15) is 11.6 Å². The molecule has 0 radical (unpaired) electrons. The Morgan fingerprint density at radius 3 is 2.70 bits per heavy atom. The van der Waals surface area contributed by atoms with Crippen LogP contribution in [0.5, 0.6) is 5.75 Å². The van der Waals surface area contributed by atoms with E-state index >= 15 is 0 Å². The van der Waals surface area contributed by atoms with Gasteiger partial charge in [0.05, 0.1) is 25.6 Å². The molecule has 7 heteroatoms. The van der Waals surface area contributed by atoms with Crippen LogP contribution in [0, 0.1) is 17.1 Å². The largest absolute Gasteiger partial charge is 0.493 e. The summed E-state index contributed by atoms with van der Waals surface area (Å²) < 4.78 is 18.6. The number of unbranched alkanes of at least 4 members (excludes halogenated alkanes) is 1. The highest BCUT2D eigenvalue weighted by atomic mass is 19.1. The molecule has 2 aromatic carbocycles. The molecule has 2 aromatic rings. The first-order valence-corrected chi connectivity index (χ1v) is 8.47. The summed E-state index contributed by atoms with van der Waals surface area (Å²) >= 11 is 0. The molecule has 2 amide bonds. The fourth-order valence-electron chi connectivity index (χ4n) is 2.28. The van der Waals surface area contributed by atoms with Crippen molar-refractivity contribution in [2.24, 2.45) is 0 Å². The maximum absolute atomic E-state index is 13.1. The van der Waals surface area contributed by atoms with Crippen LogP contribution in [0.1, 0.15) is 18.4 Å². The van der Waals surface area contributed by atoms with Crippen LogP contribution < -0.4 is 15.4 Å². The topological polar surface area (TPSA) is 91.2 Å². The van der Waals surface area contributed by atoms with Gasteiger partial charge in [-0.1, -0.05) is 18.2 Å². The third-order valence-corrected chi connectivity index (χ3v) is 3.52. The number of halogens is 1. The maximum atomic E-state index is 13.1. The van der Waals surface area contributed by atoms with Gasteiger partial charge in [-0.15, -0.1) is 0 Å². The van der Waals surface area contributed by atoms with E-state index in [4.69, 9.17) is 10.00 Å². The van der Waals surface area contributed by atoms with Gasteiger partial charge >= 0.3 is 0 Å². The van der Waals surface area contributed by atoms with Crippen LogP contribution in [0.3, 0.4) is 0 Å². The van der Waals surface area contributed by atoms with Gasteiger partial charge in [-0.2, -0.15) is 5.26 Å². The number of hydrogen-bond acceptors (Lipinski definition) is 4. The zero-order valence-electron chi connectivity index (χ0n) is 14.7. The molecule has 0 aliphatic heterocycles. The fourth-order valence-corrected chi connectivity index (χ4v) is 2.28. The van der Waals surface area contributed by atoms with E-state index in [9.17, 15) is 14.0 Å². The molecule has 2 N–H and O–H groups in total. The summed E-state index contributed by atoms with van der Waals surface area (Å²) in [5.74, 6) is -0.580. The number of benzene rings is 2. The number of rotatable bonds is 9. The number of nitrogens with zero attached hydrogens (tertiary/aromatic N) is 1. The maximum Gasteiger partial charge on any atom is 0.243 e. The van der Waals surface area contributed by atoms with Crippen LogP contribution in [0.15, 0.2) is 48.5 Å². The van der Waals surface area contributed by atoms with Gasteiger partial charge in [0.15, 0.2) is 0 Å². The second-order valence-corrected chi connectivity index (χ2v) is 5.77. The zero-order chi connectivity index (χ0) is 19.5. The van der Waals surface area contributed by atoms with Crippen molar-refractivity contribution in [3.05, 3.63) is 59.9 Å². The summed E-state index contributed by atoms with van der Waals surface area (Å²) in [5.41, 5.74) is 1.08. The summed E-state index contributed by atoms with van der Waals surface area (Å²) in [6.45, 7) is 0.225. The first-order chi connectivity index (χ1) is 13.1. The molecule has 140 valence electrons. The molecule has 0 saturated carbocycles. The predicted molar refractivity (Wildman–Crippen MR) is 98.5 cm³/mol. The summed E-state index contributed by atoms with van der Waals surface area (Å²) in [4.78, 5) is 23.8. The van der Waals surface area contributed by atoms with Crippen molar-refractivity contribution in [1.82, 2.24) is 5.32 Å². The minimum absolute atomic E-state index is 0.00291. The Hall–Kier alpha value is -3.40. The Labute approximate surface area is 157 Å². The molecular formula is C20H20FN3O3. The molecule has 6 nitrogen and oxygen atoms in total. The Bertz CT molecular complexity index is 833. The number of amides is 2. The number of nitriles is 1. The lowest BCUT2D eigenvalue weighted by Crippen LogP contribution is -2.33. The van der Waals surface area contributed by atoms with Crippen molar-refractivity contribution in [3.63, 3.8) is 0 Å². The number of ether oxygens (including phenoxy) is 1. The highest BCUT2D eigenvalue weighted by Crippen LogP contribution is 2.17. The Morgan fingerprint density at radius 2 is 1.93 bits per heavy atom. The van der Waals surface area contributed by atoms with Crippen LogP contribution in [0.25, 0.3) is 0 Å². The molecule has 0 bridgehead atoms. The smallest absolute Gasteiger partial charge is 0.243 e. The molecule has 0 spiro atoms. The SMILES string of the molecule is N#CCCCOc1cccc(NC(=O)CNC(=O)Cc2cccc(F)c2)c1. The average Bonchev–Trinajstić information content (AvgIpc) is 2.64. The Kier molecular flexibility index (Phi) is 7.79. The predicted octanol–water partition coefficient (Wildman–Crippen LogP) is 2.81. The lowest BCUT2D eigenvalue weighted by molar-refractivity contribution is -0.123. The van der Waals surface area contributed by atoms with Crippen molar-refractivity contribution in [2.45, 2.75) is 19.3 Å². The van der Waals surface area contributed by atoms with Crippen LogP contribution >= 0.6 is 0 Å². The number of nitrogens with one attached hydrogen (secondary N) is 2. The second-order valence-electron chi connectivity index (χ2n) is 5.77. The minimum atomic E-state index is -0.409. The third kappa shape index (κ3) is 7.57. The second kappa shape index (κ2) is 10.6. The molecule has 27 heavy (non-hydrogen) atoms. The number of anilines is 1. The fraction of sp³-hybridized carbons (Fsp3) is 0.250. The molecule has 0 saturated heterocycles. The van der Waals surface area contributed by atoms with Gasteiger partial charge in [-0.25, -0.2) is 4.39 Å². The quantitative estimate of drug-likeness (QED) is 0.665. The summed E-state index contributed by atoms with van der Waals surface area (Å²) in [6, 6.07) is 14.7. The van der Waals surface area contributed by atoms with E-state index in [-0.39, 0.29) is 24.8 Å². The van der Waals surface area contributed by atoms with Gasteiger partial charge in [-0.3, -0.25) is 9.59 Å². The molecular weight excluding hydrogens is 349 g/mol. The Morgan fingerprint density at radius 1 is 1.11 bits per heavy atom. The molecule has 0 unspecified atom stereocenters. The molecule has 2 rings (SSSR count).